The van der Waals surface area contributed by atoms with E-state index in [1.807, 2.05) is 60.7 Å². The van der Waals surface area contributed by atoms with Gasteiger partial charge in [0, 0.05) is 0 Å². The average molecular weight is 378 g/mol. The molecule has 0 saturated heterocycles. The van der Waals surface area contributed by atoms with Gasteiger partial charge in [0.25, 0.3) is 0 Å². The van der Waals surface area contributed by atoms with Crippen molar-refractivity contribution >= 4 is 0 Å². The van der Waals surface area contributed by atoms with Crippen LogP contribution in [0.1, 0.15) is 33.4 Å². The zero-order valence-electron chi connectivity index (χ0n) is 16.3. The van der Waals surface area contributed by atoms with Gasteiger partial charge in [-0.05, 0) is 58.4 Å². The minimum absolute atomic E-state index is 0.00609. The Morgan fingerprint density at radius 1 is 0.571 bits per heavy atom. The van der Waals surface area contributed by atoms with Gasteiger partial charge in [0.15, 0.2) is 11.5 Å². The third-order valence-corrected chi connectivity index (χ3v) is 5.05. The predicted molar refractivity (Wildman–Crippen MR) is 110 cm³/mol. The van der Waals surface area contributed by atoms with E-state index < -0.39 is 0 Å². The third kappa shape index (κ3) is 4.35. The van der Waals surface area contributed by atoms with Crippen LogP contribution in [0.2, 0.25) is 0 Å². The number of methoxy groups -OCH3 is 2. The van der Waals surface area contributed by atoms with Crippen molar-refractivity contribution in [3.8, 4) is 11.5 Å². The molecule has 0 spiro atoms. The van der Waals surface area contributed by atoms with Crippen LogP contribution in [0.3, 0.4) is 0 Å². The van der Waals surface area contributed by atoms with Crippen LogP contribution < -0.4 is 9.47 Å². The highest BCUT2D eigenvalue weighted by Crippen LogP contribution is 2.33. The van der Waals surface area contributed by atoms with E-state index in [-0.39, 0.29) is 13.2 Å². The van der Waals surface area contributed by atoms with Crippen molar-refractivity contribution in [3.63, 3.8) is 0 Å². The molecule has 146 valence electrons. The van der Waals surface area contributed by atoms with Gasteiger partial charge < -0.3 is 19.7 Å². The van der Waals surface area contributed by atoms with E-state index in [1.165, 1.54) is 0 Å². The Morgan fingerprint density at radius 3 is 1.25 bits per heavy atom. The maximum Gasteiger partial charge on any atom is 0.161 e. The molecule has 28 heavy (non-hydrogen) atoms. The number of benzene rings is 3. The van der Waals surface area contributed by atoms with Crippen LogP contribution >= 0.6 is 0 Å². The largest absolute Gasteiger partial charge is 0.493 e. The van der Waals surface area contributed by atoms with Crippen LogP contribution in [-0.4, -0.2) is 24.4 Å². The van der Waals surface area contributed by atoms with Crippen LogP contribution in [0.5, 0.6) is 11.5 Å². The summed E-state index contributed by atoms with van der Waals surface area (Å²) < 4.78 is 11.0. The van der Waals surface area contributed by atoms with Crippen molar-refractivity contribution in [3.05, 3.63) is 94.0 Å². The van der Waals surface area contributed by atoms with E-state index in [9.17, 15) is 10.2 Å². The van der Waals surface area contributed by atoms with Crippen LogP contribution in [-0.2, 0) is 26.1 Å². The Labute approximate surface area is 166 Å². The molecule has 0 amide bonds. The summed E-state index contributed by atoms with van der Waals surface area (Å²) in [7, 11) is 3.26. The maximum absolute atomic E-state index is 9.68. The van der Waals surface area contributed by atoms with E-state index in [4.69, 9.17) is 9.47 Å². The molecular formula is C24H26O4. The second-order valence-corrected chi connectivity index (χ2v) is 6.68. The van der Waals surface area contributed by atoms with Crippen LogP contribution in [0, 0.1) is 0 Å². The van der Waals surface area contributed by atoms with E-state index in [1.54, 1.807) is 14.2 Å². The lowest BCUT2D eigenvalue weighted by Crippen LogP contribution is -2.04. The topological polar surface area (TPSA) is 58.9 Å². The Morgan fingerprint density at radius 2 is 0.929 bits per heavy atom. The molecule has 0 bridgehead atoms. The molecule has 0 aliphatic rings. The summed E-state index contributed by atoms with van der Waals surface area (Å²) in [6.45, 7) is 0.0122. The van der Waals surface area contributed by atoms with Crippen LogP contribution in [0.4, 0.5) is 0 Å². The molecule has 4 nitrogen and oxygen atoms in total. The summed E-state index contributed by atoms with van der Waals surface area (Å²) in [5.41, 5.74) is 6.19. The molecule has 4 heteroatoms. The standard InChI is InChI=1S/C24H26O4/c1-27-23-13-21(11-17-7-3-5-9-19(17)15-25)22(14-24(23)28-2)12-18-8-4-6-10-20(18)16-26/h3-10,13-14,25-26H,11-12,15-16H2,1-2H3. The highest BCUT2D eigenvalue weighted by Gasteiger charge is 2.14. The van der Waals surface area contributed by atoms with E-state index in [2.05, 4.69) is 0 Å². The number of ether oxygens (including phenoxy) is 2. The minimum atomic E-state index is 0.00609. The van der Waals surface area contributed by atoms with Gasteiger partial charge in [-0.15, -0.1) is 0 Å². The van der Waals surface area contributed by atoms with Crippen molar-refractivity contribution in [1.82, 2.24) is 0 Å². The number of rotatable bonds is 8. The summed E-state index contributed by atoms with van der Waals surface area (Å²) in [6.07, 6.45) is 1.35. The van der Waals surface area contributed by atoms with Crippen molar-refractivity contribution in [2.24, 2.45) is 0 Å². The molecule has 3 rings (SSSR count). The first kappa shape index (κ1) is 19.9. The Hall–Kier alpha value is -2.82. The summed E-state index contributed by atoms with van der Waals surface area (Å²) in [4.78, 5) is 0. The normalized spacial score (nSPS) is 10.7. The first-order valence-corrected chi connectivity index (χ1v) is 9.29. The zero-order chi connectivity index (χ0) is 19.9. The monoisotopic (exact) mass is 378 g/mol. The van der Waals surface area contributed by atoms with Crippen molar-refractivity contribution in [1.29, 1.82) is 0 Å². The summed E-state index contributed by atoms with van der Waals surface area (Å²) in [6, 6.07) is 19.8. The van der Waals surface area contributed by atoms with E-state index in [0.29, 0.717) is 24.3 Å². The van der Waals surface area contributed by atoms with Crippen molar-refractivity contribution in [2.45, 2.75) is 26.1 Å². The van der Waals surface area contributed by atoms with Gasteiger partial charge in [0.1, 0.15) is 0 Å². The van der Waals surface area contributed by atoms with Gasteiger partial charge >= 0.3 is 0 Å². The molecule has 0 aliphatic carbocycles. The molecule has 0 radical (unpaired) electrons. The molecule has 3 aromatic rings. The average Bonchev–Trinajstić information content (AvgIpc) is 2.75. The fourth-order valence-corrected chi connectivity index (χ4v) is 3.47. The lowest BCUT2D eigenvalue weighted by Gasteiger charge is -2.17. The SMILES string of the molecule is COc1cc(Cc2ccccc2CO)c(Cc2ccccc2CO)cc1OC. The summed E-state index contributed by atoms with van der Waals surface area (Å²) in [5.74, 6) is 1.36. The second kappa shape index (κ2) is 9.40. The number of hydrogen-bond donors (Lipinski definition) is 2. The maximum atomic E-state index is 9.68. The highest BCUT2D eigenvalue weighted by atomic mass is 16.5. The molecule has 0 aromatic heterocycles. The number of aliphatic hydroxyl groups is 2. The molecule has 0 aliphatic heterocycles. The second-order valence-electron chi connectivity index (χ2n) is 6.68. The van der Waals surface area contributed by atoms with E-state index in [0.717, 1.165) is 33.4 Å². The molecular weight excluding hydrogens is 352 g/mol. The molecule has 0 heterocycles. The smallest absolute Gasteiger partial charge is 0.161 e. The van der Waals surface area contributed by atoms with Crippen molar-refractivity contribution in [2.75, 3.05) is 14.2 Å². The van der Waals surface area contributed by atoms with Crippen molar-refractivity contribution < 1.29 is 19.7 Å². The van der Waals surface area contributed by atoms with E-state index >= 15 is 0 Å². The molecule has 0 unspecified atom stereocenters. The summed E-state index contributed by atoms with van der Waals surface area (Å²) >= 11 is 0. The highest BCUT2D eigenvalue weighted by molar-refractivity contribution is 5.51. The molecule has 0 atom stereocenters. The lowest BCUT2D eigenvalue weighted by atomic mass is 9.91. The fraction of sp³-hybridized carbons (Fsp3) is 0.250. The quantitative estimate of drug-likeness (QED) is 0.625. The predicted octanol–water partition coefficient (Wildman–Crippen LogP) is 3.87. The number of aliphatic hydroxyl groups excluding tert-OH is 2. The minimum Gasteiger partial charge on any atom is -0.493 e. The van der Waals surface area contributed by atoms with Gasteiger partial charge in [-0.2, -0.15) is 0 Å². The van der Waals surface area contributed by atoms with Gasteiger partial charge in [-0.25, -0.2) is 0 Å². The fourth-order valence-electron chi connectivity index (χ4n) is 3.47. The first-order chi connectivity index (χ1) is 13.7. The molecule has 3 aromatic carbocycles. The van der Waals surface area contributed by atoms with Gasteiger partial charge in [-0.3, -0.25) is 0 Å². The zero-order valence-corrected chi connectivity index (χ0v) is 16.3. The lowest BCUT2D eigenvalue weighted by molar-refractivity contribution is 0.280. The molecule has 2 N–H and O–H groups in total. The Balaban J connectivity index is 2.06. The Kier molecular flexibility index (Phi) is 6.69. The summed E-state index contributed by atoms with van der Waals surface area (Å²) in [5, 5.41) is 19.4. The van der Waals surface area contributed by atoms with Gasteiger partial charge in [0.05, 0.1) is 27.4 Å². The molecule has 0 saturated carbocycles. The van der Waals surface area contributed by atoms with Crippen LogP contribution in [0.25, 0.3) is 0 Å². The number of hydrogen-bond acceptors (Lipinski definition) is 4. The van der Waals surface area contributed by atoms with Crippen LogP contribution in [0.15, 0.2) is 60.7 Å². The van der Waals surface area contributed by atoms with Gasteiger partial charge in [-0.1, -0.05) is 48.5 Å². The van der Waals surface area contributed by atoms with Gasteiger partial charge in [0.2, 0.25) is 0 Å². The third-order valence-electron chi connectivity index (χ3n) is 5.05. The Bertz CT molecular complexity index is 857. The first-order valence-electron chi connectivity index (χ1n) is 9.29. The molecule has 0 fully saturated rings.